The number of hydrogen-bond donors (Lipinski definition) is 0. The first-order chi connectivity index (χ1) is 13.3. The van der Waals surface area contributed by atoms with E-state index in [0.29, 0.717) is 12.0 Å². The molecule has 2 atom stereocenters. The molecule has 0 nitrogen and oxygen atoms in total. The Bertz CT molecular complexity index is 743. The molecule has 0 spiro atoms. The van der Waals surface area contributed by atoms with E-state index in [1.54, 1.807) is 6.07 Å². The number of rotatable bonds is 6. The average Bonchev–Trinajstić information content (AvgIpc) is 2.69. The Kier molecular flexibility index (Phi) is 6.67. The van der Waals surface area contributed by atoms with Crippen molar-refractivity contribution < 1.29 is 17.6 Å². The number of allylic oxidation sites excluding steroid dienone is 4. The van der Waals surface area contributed by atoms with Crippen molar-refractivity contribution in [1.82, 2.24) is 0 Å². The van der Waals surface area contributed by atoms with Gasteiger partial charge in [0, 0.05) is 12.3 Å². The van der Waals surface area contributed by atoms with Crippen molar-refractivity contribution in [2.45, 2.75) is 82.7 Å². The van der Waals surface area contributed by atoms with Gasteiger partial charge in [-0.1, -0.05) is 45.2 Å². The minimum absolute atomic E-state index is 0.211. The van der Waals surface area contributed by atoms with Crippen LogP contribution < -0.4 is 0 Å². The van der Waals surface area contributed by atoms with Crippen molar-refractivity contribution in [2.24, 2.45) is 5.92 Å². The standard InChI is InChI=1S/C24H30F4/c1-3-4-5-17-6-8-18(9-7-17)19-10-11-20(22(26)14-19)16(2)24(28)13-12-21(25)23(27)15-24/h10-12,14-18H,3-9,13H2,1-2H3/t16?,17-,18-,24?. The molecule has 1 saturated carbocycles. The Labute approximate surface area is 165 Å². The first-order valence-corrected chi connectivity index (χ1v) is 10.6. The maximum atomic E-state index is 15.2. The Morgan fingerprint density at radius 1 is 1.07 bits per heavy atom. The number of alkyl halides is 1. The second-order valence-electron chi connectivity index (χ2n) is 8.54. The van der Waals surface area contributed by atoms with Gasteiger partial charge in [-0.2, -0.15) is 0 Å². The van der Waals surface area contributed by atoms with Gasteiger partial charge in [-0.05, 0) is 66.9 Å². The van der Waals surface area contributed by atoms with Crippen LogP contribution in [0.1, 0.15) is 88.2 Å². The summed E-state index contributed by atoms with van der Waals surface area (Å²) in [5, 5.41) is 0. The molecule has 0 N–H and O–H groups in total. The molecule has 2 aliphatic carbocycles. The Morgan fingerprint density at radius 3 is 2.39 bits per heavy atom. The van der Waals surface area contributed by atoms with Gasteiger partial charge >= 0.3 is 0 Å². The SMILES string of the molecule is CCCC[C@H]1CC[C@H](c2ccc(C(C)C3(F)C=C(F)C(F)=CC3)c(F)c2)CC1. The molecule has 0 bridgehead atoms. The van der Waals surface area contributed by atoms with E-state index in [4.69, 9.17) is 0 Å². The quantitative estimate of drug-likeness (QED) is 0.426. The normalized spacial score (nSPS) is 29.2. The first-order valence-electron chi connectivity index (χ1n) is 10.6. The third-order valence-electron chi connectivity index (χ3n) is 6.68. The molecular formula is C24H30F4. The fourth-order valence-electron chi connectivity index (χ4n) is 4.67. The summed E-state index contributed by atoms with van der Waals surface area (Å²) in [5.74, 6) is -2.49. The molecule has 2 aliphatic rings. The minimum Gasteiger partial charge on any atom is -0.238 e. The van der Waals surface area contributed by atoms with Crippen LogP contribution in [-0.2, 0) is 0 Å². The number of halogens is 4. The highest BCUT2D eigenvalue weighted by Crippen LogP contribution is 2.43. The lowest BCUT2D eigenvalue weighted by Crippen LogP contribution is -2.29. The monoisotopic (exact) mass is 394 g/mol. The van der Waals surface area contributed by atoms with Gasteiger partial charge < -0.3 is 0 Å². The molecular weight excluding hydrogens is 364 g/mol. The van der Waals surface area contributed by atoms with Crippen LogP contribution in [0, 0.1) is 11.7 Å². The van der Waals surface area contributed by atoms with E-state index < -0.39 is 29.1 Å². The average molecular weight is 394 g/mol. The lowest BCUT2D eigenvalue weighted by atomic mass is 9.76. The topological polar surface area (TPSA) is 0 Å². The molecule has 1 fully saturated rings. The van der Waals surface area contributed by atoms with Crippen LogP contribution in [-0.4, -0.2) is 5.67 Å². The highest BCUT2D eigenvalue weighted by Gasteiger charge is 2.39. The molecule has 0 aliphatic heterocycles. The van der Waals surface area contributed by atoms with E-state index >= 15 is 4.39 Å². The van der Waals surface area contributed by atoms with Gasteiger partial charge in [0.05, 0.1) is 0 Å². The predicted octanol–water partition coefficient (Wildman–Crippen LogP) is 8.21. The molecule has 1 aromatic carbocycles. The zero-order valence-corrected chi connectivity index (χ0v) is 16.8. The highest BCUT2D eigenvalue weighted by molar-refractivity contribution is 5.36. The van der Waals surface area contributed by atoms with E-state index in [-0.39, 0.29) is 12.0 Å². The van der Waals surface area contributed by atoms with Crippen molar-refractivity contribution in [3.8, 4) is 0 Å². The van der Waals surface area contributed by atoms with Crippen LogP contribution in [0.5, 0.6) is 0 Å². The van der Waals surface area contributed by atoms with Crippen molar-refractivity contribution >= 4 is 0 Å². The van der Waals surface area contributed by atoms with E-state index in [1.807, 2.05) is 6.07 Å². The summed E-state index contributed by atoms with van der Waals surface area (Å²) < 4.78 is 56.7. The smallest absolute Gasteiger partial charge is 0.157 e. The molecule has 28 heavy (non-hydrogen) atoms. The third-order valence-corrected chi connectivity index (χ3v) is 6.68. The van der Waals surface area contributed by atoms with E-state index in [9.17, 15) is 13.2 Å². The first kappa shape index (κ1) is 21.1. The zero-order valence-electron chi connectivity index (χ0n) is 16.8. The van der Waals surface area contributed by atoms with Crippen LogP contribution in [0.25, 0.3) is 0 Å². The van der Waals surface area contributed by atoms with Crippen LogP contribution >= 0.6 is 0 Å². The molecule has 0 aromatic heterocycles. The fourth-order valence-corrected chi connectivity index (χ4v) is 4.67. The second kappa shape index (κ2) is 8.84. The van der Waals surface area contributed by atoms with Crippen LogP contribution in [0.2, 0.25) is 0 Å². The van der Waals surface area contributed by atoms with E-state index in [2.05, 4.69) is 6.92 Å². The molecule has 1 aromatic rings. The summed E-state index contributed by atoms with van der Waals surface area (Å²) in [4.78, 5) is 0. The van der Waals surface area contributed by atoms with Crippen LogP contribution in [0.3, 0.4) is 0 Å². The van der Waals surface area contributed by atoms with E-state index in [1.165, 1.54) is 45.1 Å². The maximum Gasteiger partial charge on any atom is 0.157 e. The van der Waals surface area contributed by atoms with Crippen molar-refractivity contribution in [3.63, 3.8) is 0 Å². The number of hydrogen-bond acceptors (Lipinski definition) is 0. The predicted molar refractivity (Wildman–Crippen MR) is 106 cm³/mol. The molecule has 2 unspecified atom stereocenters. The number of unbranched alkanes of at least 4 members (excludes halogenated alkanes) is 1. The highest BCUT2D eigenvalue weighted by atomic mass is 19.2. The maximum absolute atomic E-state index is 15.2. The summed E-state index contributed by atoms with van der Waals surface area (Å²) >= 11 is 0. The van der Waals surface area contributed by atoms with Gasteiger partial charge in [-0.3, -0.25) is 0 Å². The molecule has 4 heteroatoms. The lowest BCUT2D eigenvalue weighted by Gasteiger charge is -2.31. The third kappa shape index (κ3) is 4.52. The molecule has 3 rings (SSSR count). The van der Waals surface area contributed by atoms with Gasteiger partial charge in [0.1, 0.15) is 11.5 Å². The minimum atomic E-state index is -2.13. The van der Waals surface area contributed by atoms with Gasteiger partial charge in [0.2, 0.25) is 0 Å². The summed E-state index contributed by atoms with van der Waals surface area (Å²) in [6.45, 7) is 3.74. The van der Waals surface area contributed by atoms with Gasteiger partial charge in [-0.25, -0.2) is 17.6 Å². The summed E-state index contributed by atoms with van der Waals surface area (Å²) in [5.41, 5.74) is -0.950. The Morgan fingerprint density at radius 2 is 1.79 bits per heavy atom. The molecule has 0 radical (unpaired) electrons. The Balaban J connectivity index is 1.70. The zero-order chi connectivity index (χ0) is 20.3. The van der Waals surface area contributed by atoms with Crippen LogP contribution in [0.4, 0.5) is 17.6 Å². The second-order valence-corrected chi connectivity index (χ2v) is 8.54. The van der Waals surface area contributed by atoms with Crippen LogP contribution in [0.15, 0.2) is 42.0 Å². The number of benzene rings is 1. The Hall–Kier alpha value is -1.58. The molecule has 0 saturated heterocycles. The summed E-state index contributed by atoms with van der Waals surface area (Å²) in [6, 6.07) is 5.03. The van der Waals surface area contributed by atoms with Gasteiger partial charge in [0.15, 0.2) is 11.7 Å². The van der Waals surface area contributed by atoms with Gasteiger partial charge in [-0.15, -0.1) is 0 Å². The van der Waals surface area contributed by atoms with E-state index in [0.717, 1.165) is 30.4 Å². The van der Waals surface area contributed by atoms with Gasteiger partial charge in [0.25, 0.3) is 0 Å². The van der Waals surface area contributed by atoms with Crippen molar-refractivity contribution in [2.75, 3.05) is 0 Å². The summed E-state index contributed by atoms with van der Waals surface area (Å²) in [6.07, 6.45) is 9.52. The van der Waals surface area contributed by atoms with Crippen molar-refractivity contribution in [1.29, 1.82) is 0 Å². The van der Waals surface area contributed by atoms with Crippen molar-refractivity contribution in [3.05, 3.63) is 58.9 Å². The largest absolute Gasteiger partial charge is 0.238 e. The fraction of sp³-hybridized carbons (Fsp3) is 0.583. The summed E-state index contributed by atoms with van der Waals surface area (Å²) in [7, 11) is 0. The molecule has 154 valence electrons. The molecule has 0 amide bonds. The lowest BCUT2D eigenvalue weighted by molar-refractivity contribution is 0.184. The molecule has 0 heterocycles.